The first-order valence-corrected chi connectivity index (χ1v) is 15.2. The molecular weight excluding hydrogens is 580 g/mol. The lowest BCUT2D eigenvalue weighted by Gasteiger charge is -2.29. The van der Waals surface area contributed by atoms with E-state index in [1.165, 1.54) is 15.7 Å². The Kier molecular flexibility index (Phi) is 8.85. The van der Waals surface area contributed by atoms with E-state index in [0.717, 1.165) is 41.6 Å². The molecule has 6 rings (SSSR count). The predicted octanol–water partition coefficient (Wildman–Crippen LogP) is 2.69. The van der Waals surface area contributed by atoms with Gasteiger partial charge < -0.3 is 24.3 Å². The van der Waals surface area contributed by atoms with Crippen molar-refractivity contribution in [3.63, 3.8) is 0 Å². The van der Waals surface area contributed by atoms with Crippen LogP contribution in [-0.2, 0) is 20.0 Å². The SMILES string of the molecule is COc1cc2c(cc1OC)CN(CCNC(=O)c1cccc(C=c3[nH]c(=O)c(=Cc4ccc5ccccc5c4)n(C)c3=O)c1)CC2. The van der Waals surface area contributed by atoms with E-state index in [-0.39, 0.29) is 27.7 Å². The van der Waals surface area contributed by atoms with E-state index in [1.54, 1.807) is 57.7 Å². The van der Waals surface area contributed by atoms with Crippen molar-refractivity contribution in [2.75, 3.05) is 33.9 Å². The van der Waals surface area contributed by atoms with Gasteiger partial charge in [0.1, 0.15) is 10.7 Å². The van der Waals surface area contributed by atoms with Crippen molar-refractivity contribution in [2.45, 2.75) is 13.0 Å². The Hall–Kier alpha value is -5.41. The molecule has 0 aliphatic carbocycles. The highest BCUT2D eigenvalue weighted by molar-refractivity contribution is 5.94. The third-order valence-electron chi connectivity index (χ3n) is 8.42. The number of aromatic nitrogens is 2. The van der Waals surface area contributed by atoms with Crippen molar-refractivity contribution in [3.05, 3.63) is 138 Å². The first kappa shape index (κ1) is 30.6. The maximum atomic E-state index is 13.2. The number of carbonyl (C=O) groups is 1. The fourth-order valence-electron chi connectivity index (χ4n) is 5.90. The van der Waals surface area contributed by atoms with Crippen molar-refractivity contribution in [2.24, 2.45) is 7.05 Å². The third-order valence-corrected chi connectivity index (χ3v) is 8.42. The zero-order valence-corrected chi connectivity index (χ0v) is 26.1. The van der Waals surface area contributed by atoms with Crippen LogP contribution in [0.15, 0.2) is 88.5 Å². The highest BCUT2D eigenvalue weighted by Crippen LogP contribution is 2.33. The first-order valence-electron chi connectivity index (χ1n) is 15.2. The molecule has 4 aromatic carbocycles. The molecule has 0 radical (unpaired) electrons. The lowest BCUT2D eigenvalue weighted by molar-refractivity contribution is 0.0947. The molecule has 0 saturated heterocycles. The zero-order valence-electron chi connectivity index (χ0n) is 26.1. The lowest BCUT2D eigenvalue weighted by atomic mass is 9.99. The Balaban J connectivity index is 1.15. The number of amides is 1. The molecule has 46 heavy (non-hydrogen) atoms. The van der Waals surface area contributed by atoms with Crippen molar-refractivity contribution in [1.82, 2.24) is 19.8 Å². The average Bonchev–Trinajstić information content (AvgIpc) is 3.08. The number of methoxy groups -OCH3 is 2. The molecule has 0 atom stereocenters. The zero-order chi connectivity index (χ0) is 32.2. The highest BCUT2D eigenvalue weighted by Gasteiger charge is 2.19. The van der Waals surface area contributed by atoms with Gasteiger partial charge in [-0.05, 0) is 81.9 Å². The topological polar surface area (TPSA) is 106 Å². The number of hydrogen-bond acceptors (Lipinski definition) is 6. The molecule has 0 saturated carbocycles. The van der Waals surface area contributed by atoms with Gasteiger partial charge in [0.2, 0.25) is 0 Å². The van der Waals surface area contributed by atoms with Crippen LogP contribution in [0, 0.1) is 0 Å². The monoisotopic (exact) mass is 616 g/mol. The summed E-state index contributed by atoms with van der Waals surface area (Å²) < 4.78 is 12.2. The van der Waals surface area contributed by atoms with Crippen LogP contribution in [0.2, 0.25) is 0 Å². The van der Waals surface area contributed by atoms with Crippen LogP contribution in [0.1, 0.15) is 32.6 Å². The van der Waals surface area contributed by atoms with E-state index in [4.69, 9.17) is 9.47 Å². The second kappa shape index (κ2) is 13.3. The molecule has 0 unspecified atom stereocenters. The number of fused-ring (bicyclic) bond motifs is 2. The molecule has 1 amide bonds. The number of aromatic amines is 1. The minimum absolute atomic E-state index is 0.139. The Labute approximate surface area is 266 Å². The average molecular weight is 617 g/mol. The Morgan fingerprint density at radius 3 is 2.39 bits per heavy atom. The van der Waals surface area contributed by atoms with Gasteiger partial charge in [-0.3, -0.25) is 19.3 Å². The molecule has 234 valence electrons. The summed E-state index contributed by atoms with van der Waals surface area (Å²) in [6, 6.07) is 24.9. The quantitative estimate of drug-likeness (QED) is 0.278. The Morgan fingerprint density at radius 2 is 1.61 bits per heavy atom. The number of benzene rings is 4. The van der Waals surface area contributed by atoms with Gasteiger partial charge in [-0.15, -0.1) is 0 Å². The lowest BCUT2D eigenvalue weighted by Crippen LogP contribution is -2.52. The van der Waals surface area contributed by atoms with Crippen LogP contribution >= 0.6 is 0 Å². The minimum Gasteiger partial charge on any atom is -0.493 e. The molecule has 1 aliphatic heterocycles. The first-order chi connectivity index (χ1) is 22.3. The van der Waals surface area contributed by atoms with E-state index in [0.29, 0.717) is 30.0 Å². The molecule has 1 aromatic heterocycles. The van der Waals surface area contributed by atoms with Gasteiger partial charge >= 0.3 is 0 Å². The molecule has 2 N–H and O–H groups in total. The Morgan fingerprint density at radius 1 is 0.870 bits per heavy atom. The summed E-state index contributed by atoms with van der Waals surface area (Å²) >= 11 is 0. The van der Waals surface area contributed by atoms with Crippen molar-refractivity contribution >= 4 is 28.8 Å². The molecular formula is C37H36N4O5. The van der Waals surface area contributed by atoms with Crippen LogP contribution in [0.5, 0.6) is 11.5 Å². The number of nitrogens with one attached hydrogen (secondary N) is 2. The van der Waals surface area contributed by atoms with Crippen LogP contribution < -0.4 is 36.6 Å². The second-order valence-corrected chi connectivity index (χ2v) is 11.4. The van der Waals surface area contributed by atoms with E-state index in [9.17, 15) is 14.4 Å². The maximum Gasteiger partial charge on any atom is 0.274 e. The van der Waals surface area contributed by atoms with Gasteiger partial charge in [0.05, 0.1) is 14.2 Å². The maximum absolute atomic E-state index is 13.2. The number of H-pyrrole nitrogens is 1. The van der Waals surface area contributed by atoms with Crippen LogP contribution in [0.4, 0.5) is 0 Å². The smallest absolute Gasteiger partial charge is 0.274 e. The third kappa shape index (κ3) is 6.50. The van der Waals surface area contributed by atoms with Gasteiger partial charge in [-0.25, -0.2) is 0 Å². The van der Waals surface area contributed by atoms with Gasteiger partial charge in [0, 0.05) is 38.8 Å². The fraction of sp³-hybridized carbons (Fsp3) is 0.216. The summed E-state index contributed by atoms with van der Waals surface area (Å²) in [6.07, 6.45) is 4.19. The van der Waals surface area contributed by atoms with Crippen LogP contribution in [-0.4, -0.2) is 54.2 Å². The van der Waals surface area contributed by atoms with Gasteiger partial charge in [-0.1, -0.05) is 48.5 Å². The van der Waals surface area contributed by atoms with Gasteiger partial charge in [0.15, 0.2) is 11.5 Å². The molecule has 5 aromatic rings. The summed E-state index contributed by atoms with van der Waals surface area (Å²) in [5, 5.41) is 5.54. The van der Waals surface area contributed by atoms with Crippen molar-refractivity contribution in [1.29, 1.82) is 0 Å². The number of carbonyl (C=O) groups excluding carboxylic acids is 1. The molecule has 1 aliphatic rings. The standard InChI is InChI=1S/C37H36N4O5/c1-40-32(20-25-11-12-26-8-4-5-9-27(26)17-25)36(43)39-31(37(40)44)19-24-7-6-10-29(18-24)35(42)38-14-16-41-15-13-28-21-33(45-2)34(46-3)22-30(28)23-41/h4-12,17-22H,13-16,23H2,1-3H3,(H,38,42)(H,39,43). The molecule has 0 spiro atoms. The molecule has 9 nitrogen and oxygen atoms in total. The number of hydrogen-bond donors (Lipinski definition) is 2. The highest BCUT2D eigenvalue weighted by atomic mass is 16.5. The van der Waals surface area contributed by atoms with E-state index in [2.05, 4.69) is 15.2 Å². The number of ether oxygens (including phenoxy) is 2. The summed E-state index contributed by atoms with van der Waals surface area (Å²) in [5.74, 6) is 1.24. The summed E-state index contributed by atoms with van der Waals surface area (Å²) in [6.45, 7) is 2.83. The van der Waals surface area contributed by atoms with E-state index >= 15 is 0 Å². The summed E-state index contributed by atoms with van der Waals surface area (Å²) in [4.78, 5) is 44.4. The van der Waals surface area contributed by atoms with E-state index in [1.807, 2.05) is 54.6 Å². The number of nitrogens with zero attached hydrogens (tertiary/aromatic N) is 2. The van der Waals surface area contributed by atoms with Crippen molar-refractivity contribution < 1.29 is 14.3 Å². The van der Waals surface area contributed by atoms with Crippen molar-refractivity contribution in [3.8, 4) is 11.5 Å². The number of rotatable bonds is 8. The van der Waals surface area contributed by atoms with E-state index < -0.39 is 0 Å². The predicted molar refractivity (Wildman–Crippen MR) is 180 cm³/mol. The second-order valence-electron chi connectivity index (χ2n) is 11.4. The Bertz CT molecular complexity index is 2180. The molecule has 0 fully saturated rings. The minimum atomic E-state index is -0.381. The molecule has 0 bridgehead atoms. The molecule has 2 heterocycles. The normalized spacial score (nSPS) is 13.9. The molecule has 9 heteroatoms. The fourth-order valence-corrected chi connectivity index (χ4v) is 5.90. The van der Waals surface area contributed by atoms with Gasteiger partial charge in [-0.2, -0.15) is 0 Å². The summed E-state index contributed by atoms with van der Waals surface area (Å²) in [7, 11) is 4.86. The van der Waals surface area contributed by atoms with Gasteiger partial charge in [0.25, 0.3) is 17.0 Å². The summed E-state index contributed by atoms with van der Waals surface area (Å²) in [5.41, 5.74) is 3.63. The largest absolute Gasteiger partial charge is 0.493 e. The van der Waals surface area contributed by atoms with Crippen LogP contribution in [0.25, 0.3) is 22.9 Å². The van der Waals surface area contributed by atoms with Crippen LogP contribution in [0.3, 0.4) is 0 Å².